The van der Waals surface area contributed by atoms with Crippen molar-refractivity contribution in [3.05, 3.63) is 51.5 Å². The summed E-state index contributed by atoms with van der Waals surface area (Å²) in [6.45, 7) is 0. The van der Waals surface area contributed by atoms with Crippen LogP contribution in [-0.2, 0) is 6.42 Å². The van der Waals surface area contributed by atoms with Gasteiger partial charge in [0.25, 0.3) is 0 Å². The molecule has 0 aliphatic heterocycles. The molecule has 0 bridgehead atoms. The van der Waals surface area contributed by atoms with Gasteiger partial charge < -0.3 is 4.74 Å². The molecule has 5 heteroatoms. The average Bonchev–Trinajstić information content (AvgIpc) is 2.34. The number of rotatable bonds is 3. The molecule has 1 heterocycles. The van der Waals surface area contributed by atoms with E-state index in [2.05, 4.69) is 25.9 Å². The Bertz CT molecular complexity index is 534. The largest absolute Gasteiger partial charge is 0.496 e. The van der Waals surface area contributed by atoms with E-state index < -0.39 is 0 Å². The van der Waals surface area contributed by atoms with Gasteiger partial charge in [-0.1, -0.05) is 29.8 Å². The zero-order valence-corrected chi connectivity index (χ0v) is 11.5. The first kappa shape index (κ1) is 12.3. The highest BCUT2D eigenvalue weighted by molar-refractivity contribution is 9.10. The first-order chi connectivity index (χ1) is 8.20. The van der Waals surface area contributed by atoms with E-state index in [-0.39, 0.29) is 0 Å². The summed E-state index contributed by atoms with van der Waals surface area (Å²) in [5.41, 5.74) is 1.04. The van der Waals surface area contributed by atoms with Crippen molar-refractivity contribution in [2.75, 3.05) is 7.11 Å². The van der Waals surface area contributed by atoms with Crippen molar-refractivity contribution in [2.24, 2.45) is 0 Å². The summed E-state index contributed by atoms with van der Waals surface area (Å²) >= 11 is 9.19. The number of hydrogen-bond acceptors (Lipinski definition) is 3. The standard InChI is InChI=1S/C12H10BrClN2O/c1-17-10-5-3-2-4-8(10)6-11-15-7-9(13)12(14)16-11/h2-5,7H,6H2,1H3. The highest BCUT2D eigenvalue weighted by Crippen LogP contribution is 2.22. The molecule has 0 aliphatic rings. The Kier molecular flexibility index (Phi) is 3.97. The van der Waals surface area contributed by atoms with E-state index in [0.717, 1.165) is 11.3 Å². The molecule has 3 nitrogen and oxygen atoms in total. The fraction of sp³-hybridized carbons (Fsp3) is 0.167. The predicted octanol–water partition coefficient (Wildman–Crippen LogP) is 3.49. The molecule has 2 rings (SSSR count). The first-order valence-corrected chi connectivity index (χ1v) is 6.16. The summed E-state index contributed by atoms with van der Waals surface area (Å²) in [6, 6.07) is 7.78. The van der Waals surface area contributed by atoms with Gasteiger partial charge in [0.15, 0.2) is 0 Å². The van der Waals surface area contributed by atoms with Gasteiger partial charge in [0, 0.05) is 18.2 Å². The van der Waals surface area contributed by atoms with Crippen molar-refractivity contribution in [2.45, 2.75) is 6.42 Å². The van der Waals surface area contributed by atoms with Gasteiger partial charge in [-0.05, 0) is 22.0 Å². The van der Waals surface area contributed by atoms with Crippen molar-refractivity contribution >= 4 is 27.5 Å². The molecule has 0 radical (unpaired) electrons. The Morgan fingerprint density at radius 1 is 1.35 bits per heavy atom. The molecule has 17 heavy (non-hydrogen) atoms. The SMILES string of the molecule is COc1ccccc1Cc1ncc(Br)c(Cl)n1. The molecule has 88 valence electrons. The molecule has 0 amide bonds. The summed E-state index contributed by atoms with van der Waals surface area (Å²) in [6.07, 6.45) is 2.25. The van der Waals surface area contributed by atoms with Crippen LogP contribution in [-0.4, -0.2) is 17.1 Å². The number of para-hydroxylation sites is 1. The Hall–Kier alpha value is -1.13. The van der Waals surface area contributed by atoms with E-state index in [1.807, 2.05) is 24.3 Å². The van der Waals surface area contributed by atoms with Gasteiger partial charge in [0.05, 0.1) is 11.6 Å². The summed E-state index contributed by atoms with van der Waals surface area (Å²) in [5.74, 6) is 1.50. The molecule has 0 spiro atoms. The van der Waals surface area contributed by atoms with Gasteiger partial charge in [-0.3, -0.25) is 0 Å². The van der Waals surface area contributed by atoms with Gasteiger partial charge in [-0.25, -0.2) is 9.97 Å². The quantitative estimate of drug-likeness (QED) is 0.814. The number of benzene rings is 1. The van der Waals surface area contributed by atoms with Gasteiger partial charge in [0.2, 0.25) is 0 Å². The van der Waals surface area contributed by atoms with Crippen LogP contribution < -0.4 is 4.74 Å². The normalized spacial score (nSPS) is 10.3. The molecule has 0 fully saturated rings. The first-order valence-electron chi connectivity index (χ1n) is 4.99. The second kappa shape index (κ2) is 5.47. The molecule has 0 unspecified atom stereocenters. The summed E-state index contributed by atoms with van der Waals surface area (Å²) in [4.78, 5) is 8.41. The van der Waals surface area contributed by atoms with Gasteiger partial charge in [-0.2, -0.15) is 0 Å². The third-order valence-electron chi connectivity index (χ3n) is 2.29. The van der Waals surface area contributed by atoms with Crippen LogP contribution in [0.5, 0.6) is 5.75 Å². The van der Waals surface area contributed by atoms with Crippen molar-refractivity contribution in [1.29, 1.82) is 0 Å². The molecule has 2 aromatic rings. The number of halogens is 2. The maximum Gasteiger partial charge on any atom is 0.146 e. The zero-order valence-electron chi connectivity index (χ0n) is 9.15. The van der Waals surface area contributed by atoms with Crippen LogP contribution in [0, 0.1) is 0 Å². The van der Waals surface area contributed by atoms with E-state index in [0.29, 0.717) is 21.9 Å². The number of methoxy groups -OCH3 is 1. The Morgan fingerprint density at radius 2 is 2.12 bits per heavy atom. The van der Waals surface area contributed by atoms with E-state index in [9.17, 15) is 0 Å². The van der Waals surface area contributed by atoms with Crippen molar-refractivity contribution in [3.8, 4) is 5.75 Å². The fourth-order valence-corrected chi connectivity index (χ4v) is 1.82. The average molecular weight is 314 g/mol. The highest BCUT2D eigenvalue weighted by atomic mass is 79.9. The second-order valence-corrected chi connectivity index (χ2v) is 4.63. The molecule has 0 atom stereocenters. The number of aromatic nitrogens is 2. The second-order valence-electron chi connectivity index (χ2n) is 3.41. The van der Waals surface area contributed by atoms with Crippen LogP contribution >= 0.6 is 27.5 Å². The minimum absolute atomic E-state index is 0.421. The van der Waals surface area contributed by atoms with Gasteiger partial charge >= 0.3 is 0 Å². The fourth-order valence-electron chi connectivity index (χ4n) is 1.48. The third kappa shape index (κ3) is 2.96. The van der Waals surface area contributed by atoms with Crippen molar-refractivity contribution in [3.63, 3.8) is 0 Å². The molecule has 0 saturated carbocycles. The van der Waals surface area contributed by atoms with Gasteiger partial charge in [0.1, 0.15) is 16.7 Å². The lowest BCUT2D eigenvalue weighted by molar-refractivity contribution is 0.410. The van der Waals surface area contributed by atoms with Crippen LogP contribution in [0.2, 0.25) is 5.15 Å². The van der Waals surface area contributed by atoms with Crippen LogP contribution in [0.15, 0.2) is 34.9 Å². The molecule has 1 aromatic carbocycles. The Balaban J connectivity index is 2.28. The minimum atomic E-state index is 0.421. The lowest BCUT2D eigenvalue weighted by Crippen LogP contribution is -1.99. The van der Waals surface area contributed by atoms with Crippen molar-refractivity contribution in [1.82, 2.24) is 9.97 Å². The number of ether oxygens (including phenoxy) is 1. The number of hydrogen-bond donors (Lipinski definition) is 0. The molecule has 1 aromatic heterocycles. The number of nitrogens with zero attached hydrogens (tertiary/aromatic N) is 2. The maximum atomic E-state index is 5.92. The summed E-state index contributed by atoms with van der Waals surface area (Å²) in [5, 5.41) is 0.421. The third-order valence-corrected chi connectivity index (χ3v) is 3.39. The smallest absolute Gasteiger partial charge is 0.146 e. The van der Waals surface area contributed by atoms with E-state index in [1.165, 1.54) is 0 Å². The van der Waals surface area contributed by atoms with E-state index in [1.54, 1.807) is 13.3 Å². The highest BCUT2D eigenvalue weighted by Gasteiger charge is 2.07. The van der Waals surface area contributed by atoms with Gasteiger partial charge in [-0.15, -0.1) is 0 Å². The lowest BCUT2D eigenvalue weighted by atomic mass is 10.1. The minimum Gasteiger partial charge on any atom is -0.496 e. The summed E-state index contributed by atoms with van der Waals surface area (Å²) < 4.78 is 5.97. The molecular weight excluding hydrogens is 304 g/mol. The Morgan fingerprint density at radius 3 is 2.82 bits per heavy atom. The molecular formula is C12H10BrClN2O. The maximum absolute atomic E-state index is 5.92. The topological polar surface area (TPSA) is 35.0 Å². The lowest BCUT2D eigenvalue weighted by Gasteiger charge is -2.07. The summed E-state index contributed by atoms with van der Waals surface area (Å²) in [7, 11) is 1.65. The molecule has 0 N–H and O–H groups in total. The van der Waals surface area contributed by atoms with Crippen LogP contribution in [0.4, 0.5) is 0 Å². The predicted molar refractivity (Wildman–Crippen MR) is 70.5 cm³/mol. The van der Waals surface area contributed by atoms with E-state index >= 15 is 0 Å². The van der Waals surface area contributed by atoms with Crippen LogP contribution in [0.3, 0.4) is 0 Å². The van der Waals surface area contributed by atoms with Crippen LogP contribution in [0.1, 0.15) is 11.4 Å². The zero-order chi connectivity index (χ0) is 12.3. The molecule has 0 aliphatic carbocycles. The molecule has 0 saturated heterocycles. The van der Waals surface area contributed by atoms with Crippen molar-refractivity contribution < 1.29 is 4.74 Å². The van der Waals surface area contributed by atoms with Crippen LogP contribution in [0.25, 0.3) is 0 Å². The monoisotopic (exact) mass is 312 g/mol. The van der Waals surface area contributed by atoms with E-state index in [4.69, 9.17) is 16.3 Å². The Labute approximate surface area is 113 Å².